The predicted molar refractivity (Wildman–Crippen MR) is 58.2 cm³/mol. The molecule has 1 aromatic rings. The molecule has 80 valence electrons. The number of rotatable bonds is 3. The predicted octanol–water partition coefficient (Wildman–Crippen LogP) is 1.86. The van der Waals surface area contributed by atoms with Crippen molar-refractivity contribution in [1.29, 1.82) is 0 Å². The highest BCUT2D eigenvalue weighted by Crippen LogP contribution is 2.20. The Morgan fingerprint density at radius 3 is 2.93 bits per heavy atom. The molecule has 0 bridgehead atoms. The first-order valence-corrected chi connectivity index (χ1v) is 5.04. The van der Waals surface area contributed by atoms with E-state index in [0.717, 1.165) is 6.61 Å². The van der Waals surface area contributed by atoms with Crippen LogP contribution in [0, 0.1) is 0 Å². The molecule has 0 aromatic heterocycles. The number of carbonyl (C=O) groups excluding carboxylic acids is 1. The SMILES string of the molecule is O=C(NCC1CO1)Nc1ccccc1Cl. The number of para-hydroxylation sites is 1. The minimum Gasteiger partial charge on any atom is -0.371 e. The van der Waals surface area contributed by atoms with Gasteiger partial charge in [-0.3, -0.25) is 0 Å². The van der Waals surface area contributed by atoms with Crippen LogP contribution in [-0.2, 0) is 4.74 Å². The molecule has 1 saturated heterocycles. The zero-order chi connectivity index (χ0) is 10.7. The quantitative estimate of drug-likeness (QED) is 0.773. The standard InChI is InChI=1S/C10H11ClN2O2/c11-8-3-1-2-4-9(8)13-10(14)12-5-7-6-15-7/h1-4,7H,5-6H2,(H2,12,13,14). The van der Waals surface area contributed by atoms with E-state index in [1.807, 2.05) is 12.1 Å². The van der Waals surface area contributed by atoms with E-state index in [0.29, 0.717) is 17.3 Å². The Morgan fingerprint density at radius 2 is 2.27 bits per heavy atom. The van der Waals surface area contributed by atoms with Crippen LogP contribution in [0.3, 0.4) is 0 Å². The first-order valence-electron chi connectivity index (χ1n) is 4.66. The molecule has 1 aliphatic rings. The van der Waals surface area contributed by atoms with E-state index >= 15 is 0 Å². The molecular formula is C10H11ClN2O2. The number of carbonyl (C=O) groups is 1. The highest BCUT2D eigenvalue weighted by molar-refractivity contribution is 6.33. The third kappa shape index (κ3) is 3.11. The van der Waals surface area contributed by atoms with Crippen molar-refractivity contribution in [3.05, 3.63) is 29.3 Å². The lowest BCUT2D eigenvalue weighted by Gasteiger charge is -2.07. The van der Waals surface area contributed by atoms with E-state index in [9.17, 15) is 4.79 Å². The fraction of sp³-hybridized carbons (Fsp3) is 0.300. The van der Waals surface area contributed by atoms with Crippen LogP contribution in [0.15, 0.2) is 24.3 Å². The summed E-state index contributed by atoms with van der Waals surface area (Å²) in [4.78, 5) is 11.4. The van der Waals surface area contributed by atoms with Gasteiger partial charge in [0.15, 0.2) is 0 Å². The summed E-state index contributed by atoms with van der Waals surface area (Å²) in [5.74, 6) is 0. The van der Waals surface area contributed by atoms with Crippen LogP contribution >= 0.6 is 11.6 Å². The maximum Gasteiger partial charge on any atom is 0.319 e. The van der Waals surface area contributed by atoms with Crippen LogP contribution in [0.4, 0.5) is 10.5 Å². The Labute approximate surface area is 92.6 Å². The number of hydrogen-bond acceptors (Lipinski definition) is 2. The molecule has 2 N–H and O–H groups in total. The Morgan fingerprint density at radius 1 is 1.53 bits per heavy atom. The third-order valence-electron chi connectivity index (χ3n) is 2.01. The average molecular weight is 227 g/mol. The smallest absolute Gasteiger partial charge is 0.319 e. The summed E-state index contributed by atoms with van der Waals surface area (Å²) in [5, 5.41) is 5.87. The molecule has 0 saturated carbocycles. The zero-order valence-corrected chi connectivity index (χ0v) is 8.75. The maximum atomic E-state index is 11.4. The molecule has 1 fully saturated rings. The van der Waals surface area contributed by atoms with Gasteiger partial charge in [0.1, 0.15) is 0 Å². The summed E-state index contributed by atoms with van der Waals surface area (Å²) in [6.07, 6.45) is 0.182. The van der Waals surface area contributed by atoms with Gasteiger partial charge in [0, 0.05) is 6.54 Å². The first-order chi connectivity index (χ1) is 7.25. The largest absolute Gasteiger partial charge is 0.371 e. The van der Waals surface area contributed by atoms with Crippen molar-refractivity contribution < 1.29 is 9.53 Å². The average Bonchev–Trinajstić information content (AvgIpc) is 3.02. The third-order valence-corrected chi connectivity index (χ3v) is 2.34. The normalized spacial score (nSPS) is 18.3. The van der Waals surface area contributed by atoms with Gasteiger partial charge in [0.05, 0.1) is 23.4 Å². The highest BCUT2D eigenvalue weighted by atomic mass is 35.5. The van der Waals surface area contributed by atoms with Crippen molar-refractivity contribution in [3.8, 4) is 0 Å². The van der Waals surface area contributed by atoms with E-state index in [1.54, 1.807) is 12.1 Å². The Hall–Kier alpha value is -1.26. The van der Waals surface area contributed by atoms with Gasteiger partial charge in [-0.25, -0.2) is 4.79 Å². The van der Waals surface area contributed by atoms with Crippen molar-refractivity contribution in [2.45, 2.75) is 6.10 Å². The topological polar surface area (TPSA) is 53.7 Å². The van der Waals surface area contributed by atoms with Crippen molar-refractivity contribution in [3.63, 3.8) is 0 Å². The second-order valence-electron chi connectivity index (χ2n) is 3.27. The lowest BCUT2D eigenvalue weighted by molar-refractivity contribution is 0.250. The van der Waals surface area contributed by atoms with Gasteiger partial charge in [-0.15, -0.1) is 0 Å². The van der Waals surface area contributed by atoms with E-state index in [-0.39, 0.29) is 12.1 Å². The first kappa shape index (κ1) is 10.3. The maximum absolute atomic E-state index is 11.4. The van der Waals surface area contributed by atoms with Crippen LogP contribution in [-0.4, -0.2) is 25.3 Å². The molecule has 2 rings (SSSR count). The summed E-state index contributed by atoms with van der Waals surface area (Å²) >= 11 is 5.88. The van der Waals surface area contributed by atoms with Gasteiger partial charge in [0.25, 0.3) is 0 Å². The number of epoxide rings is 1. The van der Waals surface area contributed by atoms with Crippen molar-refractivity contribution >= 4 is 23.3 Å². The number of urea groups is 1. The molecule has 1 atom stereocenters. The van der Waals surface area contributed by atoms with Gasteiger partial charge >= 0.3 is 6.03 Å². The Kier molecular flexibility index (Phi) is 3.08. The Balaban J connectivity index is 1.84. The number of amides is 2. The van der Waals surface area contributed by atoms with Gasteiger partial charge in [-0.2, -0.15) is 0 Å². The summed E-state index contributed by atoms with van der Waals surface area (Å²) in [6.45, 7) is 1.27. The van der Waals surface area contributed by atoms with Crippen LogP contribution in [0.5, 0.6) is 0 Å². The molecule has 1 aliphatic heterocycles. The van der Waals surface area contributed by atoms with Crippen molar-refractivity contribution in [2.24, 2.45) is 0 Å². The molecule has 1 heterocycles. The molecule has 0 aliphatic carbocycles. The van der Waals surface area contributed by atoms with E-state index in [1.165, 1.54) is 0 Å². The van der Waals surface area contributed by atoms with Gasteiger partial charge in [-0.1, -0.05) is 23.7 Å². The number of nitrogens with one attached hydrogen (secondary N) is 2. The number of hydrogen-bond donors (Lipinski definition) is 2. The summed E-state index contributed by atoms with van der Waals surface area (Å²) in [5.41, 5.74) is 0.605. The fourth-order valence-electron chi connectivity index (χ4n) is 1.12. The van der Waals surface area contributed by atoms with Crippen LogP contribution in [0.1, 0.15) is 0 Å². The van der Waals surface area contributed by atoms with Gasteiger partial charge in [0.2, 0.25) is 0 Å². The molecule has 0 radical (unpaired) electrons. The number of benzene rings is 1. The molecule has 1 unspecified atom stereocenters. The lowest BCUT2D eigenvalue weighted by atomic mass is 10.3. The minimum absolute atomic E-state index is 0.182. The molecule has 2 amide bonds. The summed E-state index contributed by atoms with van der Waals surface area (Å²) < 4.78 is 4.96. The second kappa shape index (κ2) is 4.51. The summed E-state index contributed by atoms with van der Waals surface area (Å²) in [7, 11) is 0. The highest BCUT2D eigenvalue weighted by Gasteiger charge is 2.22. The zero-order valence-electron chi connectivity index (χ0n) is 8.00. The molecule has 5 heteroatoms. The van der Waals surface area contributed by atoms with E-state index in [4.69, 9.17) is 16.3 Å². The molecule has 0 spiro atoms. The van der Waals surface area contributed by atoms with E-state index in [2.05, 4.69) is 10.6 Å². The molecule has 4 nitrogen and oxygen atoms in total. The van der Waals surface area contributed by atoms with E-state index < -0.39 is 0 Å². The van der Waals surface area contributed by atoms with Gasteiger partial charge < -0.3 is 15.4 Å². The monoisotopic (exact) mass is 226 g/mol. The number of anilines is 1. The summed E-state index contributed by atoms with van der Waals surface area (Å²) in [6, 6.07) is 6.82. The van der Waals surface area contributed by atoms with Crippen molar-refractivity contribution in [2.75, 3.05) is 18.5 Å². The van der Waals surface area contributed by atoms with Crippen LogP contribution < -0.4 is 10.6 Å². The molecular weight excluding hydrogens is 216 g/mol. The van der Waals surface area contributed by atoms with Gasteiger partial charge in [-0.05, 0) is 12.1 Å². The molecule has 15 heavy (non-hydrogen) atoms. The van der Waals surface area contributed by atoms with Crippen molar-refractivity contribution in [1.82, 2.24) is 5.32 Å². The van der Waals surface area contributed by atoms with Crippen LogP contribution in [0.25, 0.3) is 0 Å². The second-order valence-corrected chi connectivity index (χ2v) is 3.68. The van der Waals surface area contributed by atoms with Crippen LogP contribution in [0.2, 0.25) is 5.02 Å². The fourth-order valence-corrected chi connectivity index (χ4v) is 1.30. The minimum atomic E-state index is -0.265. The lowest BCUT2D eigenvalue weighted by Crippen LogP contribution is -2.31. The Bertz CT molecular complexity index is 366. The number of halogens is 1. The number of ether oxygens (including phenoxy) is 1. The molecule has 1 aromatic carbocycles.